The summed E-state index contributed by atoms with van der Waals surface area (Å²) in [7, 11) is 1.99. The standard InChI is InChI=1S/C9H11FN2.C8H13NS/c1-9(2)5-12-7-3-6(10)4-11-8(7)9;1-9-6-2-4-8-5-3-7-10-8/h3-4,12H,5H2,1-2H3;3,5,7,9H,2,4,6H2,1H3. The monoisotopic (exact) mass is 321 g/mol. The van der Waals surface area contributed by atoms with E-state index >= 15 is 0 Å². The van der Waals surface area contributed by atoms with E-state index in [2.05, 4.69) is 47.0 Å². The Labute approximate surface area is 136 Å². The molecule has 3 rings (SSSR count). The van der Waals surface area contributed by atoms with Crippen LogP contribution in [0.3, 0.4) is 0 Å². The summed E-state index contributed by atoms with van der Waals surface area (Å²) in [5.41, 5.74) is 1.83. The maximum atomic E-state index is 12.7. The van der Waals surface area contributed by atoms with Crippen LogP contribution in [0.5, 0.6) is 0 Å². The van der Waals surface area contributed by atoms with Gasteiger partial charge in [0, 0.05) is 22.9 Å². The summed E-state index contributed by atoms with van der Waals surface area (Å²) < 4.78 is 12.7. The Balaban J connectivity index is 0.000000164. The second kappa shape index (κ2) is 7.70. The summed E-state index contributed by atoms with van der Waals surface area (Å²) in [4.78, 5) is 5.57. The number of hydrogen-bond acceptors (Lipinski definition) is 4. The van der Waals surface area contributed by atoms with Crippen molar-refractivity contribution in [3.05, 3.63) is 46.2 Å². The lowest BCUT2D eigenvalue weighted by Crippen LogP contribution is -2.19. The Morgan fingerprint density at radius 3 is 2.95 bits per heavy atom. The molecule has 1 aliphatic heterocycles. The zero-order valence-corrected chi connectivity index (χ0v) is 14.3. The molecule has 22 heavy (non-hydrogen) atoms. The molecular formula is C17H24FN3S. The van der Waals surface area contributed by atoms with Gasteiger partial charge in [0.25, 0.3) is 0 Å². The fourth-order valence-electron chi connectivity index (χ4n) is 2.41. The third-order valence-electron chi connectivity index (χ3n) is 3.65. The molecule has 0 saturated heterocycles. The molecule has 2 aromatic heterocycles. The van der Waals surface area contributed by atoms with E-state index in [1.165, 1.54) is 30.0 Å². The third-order valence-corrected chi connectivity index (χ3v) is 4.58. The SMILES string of the molecule is CC1(C)CNc2cc(F)cnc21.CNCCCc1cccs1. The third kappa shape index (κ3) is 4.52. The Bertz CT molecular complexity index is 582. The minimum atomic E-state index is -0.279. The van der Waals surface area contributed by atoms with Crippen molar-refractivity contribution >= 4 is 17.0 Å². The minimum absolute atomic E-state index is 0.0308. The van der Waals surface area contributed by atoms with Gasteiger partial charge in [-0.1, -0.05) is 19.9 Å². The van der Waals surface area contributed by atoms with Crippen molar-refractivity contribution in [3.63, 3.8) is 0 Å². The molecule has 0 saturated carbocycles. The molecule has 0 bridgehead atoms. The topological polar surface area (TPSA) is 37.0 Å². The molecule has 5 heteroatoms. The van der Waals surface area contributed by atoms with E-state index in [9.17, 15) is 4.39 Å². The van der Waals surface area contributed by atoms with Crippen LogP contribution < -0.4 is 10.6 Å². The molecule has 3 heterocycles. The first kappa shape index (κ1) is 16.9. The maximum absolute atomic E-state index is 12.7. The highest BCUT2D eigenvalue weighted by atomic mass is 32.1. The molecule has 0 aromatic carbocycles. The van der Waals surface area contributed by atoms with E-state index in [1.807, 2.05) is 18.4 Å². The molecule has 120 valence electrons. The van der Waals surface area contributed by atoms with Crippen molar-refractivity contribution in [2.75, 3.05) is 25.5 Å². The van der Waals surface area contributed by atoms with Gasteiger partial charge in [-0.2, -0.15) is 0 Å². The summed E-state index contributed by atoms with van der Waals surface area (Å²) >= 11 is 1.85. The first-order valence-electron chi connectivity index (χ1n) is 7.60. The van der Waals surface area contributed by atoms with Crippen molar-refractivity contribution in [2.24, 2.45) is 0 Å². The molecule has 0 fully saturated rings. The van der Waals surface area contributed by atoms with Crippen LogP contribution in [-0.4, -0.2) is 25.1 Å². The number of aromatic nitrogens is 1. The van der Waals surface area contributed by atoms with Gasteiger partial charge in [-0.05, 0) is 37.9 Å². The first-order chi connectivity index (χ1) is 10.5. The van der Waals surface area contributed by atoms with E-state index in [0.717, 1.165) is 24.5 Å². The van der Waals surface area contributed by atoms with Crippen molar-refractivity contribution < 1.29 is 4.39 Å². The fourth-order valence-corrected chi connectivity index (χ4v) is 3.16. The zero-order chi connectivity index (χ0) is 16.0. The Morgan fingerprint density at radius 2 is 2.27 bits per heavy atom. The molecule has 0 unspecified atom stereocenters. The Morgan fingerprint density at radius 1 is 1.45 bits per heavy atom. The van der Waals surface area contributed by atoms with Crippen LogP contribution in [0.15, 0.2) is 29.8 Å². The van der Waals surface area contributed by atoms with Gasteiger partial charge in [0.2, 0.25) is 0 Å². The average Bonchev–Trinajstić information content (AvgIpc) is 3.08. The summed E-state index contributed by atoms with van der Waals surface area (Å²) in [6, 6.07) is 5.80. The molecule has 2 N–H and O–H groups in total. The van der Waals surface area contributed by atoms with Gasteiger partial charge in [0.15, 0.2) is 0 Å². The van der Waals surface area contributed by atoms with Gasteiger partial charge in [0.1, 0.15) is 5.82 Å². The molecule has 0 spiro atoms. The van der Waals surface area contributed by atoms with Gasteiger partial charge in [-0.3, -0.25) is 4.98 Å². The number of halogens is 1. The highest BCUT2D eigenvalue weighted by molar-refractivity contribution is 7.09. The molecule has 0 amide bonds. The van der Waals surface area contributed by atoms with E-state index in [-0.39, 0.29) is 11.2 Å². The van der Waals surface area contributed by atoms with Crippen LogP contribution in [0.4, 0.5) is 10.1 Å². The summed E-state index contributed by atoms with van der Waals surface area (Å²) in [6.07, 6.45) is 3.74. The second-order valence-electron chi connectivity index (χ2n) is 6.07. The van der Waals surface area contributed by atoms with Crippen LogP contribution in [0, 0.1) is 5.82 Å². The van der Waals surface area contributed by atoms with E-state index in [1.54, 1.807) is 0 Å². The van der Waals surface area contributed by atoms with Gasteiger partial charge < -0.3 is 10.6 Å². The van der Waals surface area contributed by atoms with Crippen molar-refractivity contribution in [1.29, 1.82) is 0 Å². The number of aryl methyl sites for hydroxylation is 1. The van der Waals surface area contributed by atoms with E-state index in [4.69, 9.17) is 0 Å². The quantitative estimate of drug-likeness (QED) is 0.841. The smallest absolute Gasteiger partial charge is 0.143 e. The molecule has 0 radical (unpaired) electrons. The highest BCUT2D eigenvalue weighted by Crippen LogP contribution is 2.34. The predicted octanol–water partition coefficient (Wildman–Crippen LogP) is 3.82. The second-order valence-corrected chi connectivity index (χ2v) is 7.11. The molecule has 0 atom stereocenters. The summed E-state index contributed by atoms with van der Waals surface area (Å²) in [5.74, 6) is -0.279. The van der Waals surface area contributed by atoms with E-state index < -0.39 is 0 Å². The molecule has 1 aliphatic rings. The number of nitrogens with one attached hydrogen (secondary N) is 2. The normalized spacial score (nSPS) is 14.7. The van der Waals surface area contributed by atoms with Gasteiger partial charge >= 0.3 is 0 Å². The zero-order valence-electron chi connectivity index (χ0n) is 13.4. The lowest BCUT2D eigenvalue weighted by atomic mass is 9.91. The molecule has 2 aromatic rings. The number of fused-ring (bicyclic) bond motifs is 1. The lowest BCUT2D eigenvalue weighted by Gasteiger charge is -2.14. The van der Waals surface area contributed by atoms with Crippen LogP contribution in [0.1, 0.15) is 30.8 Å². The fraction of sp³-hybridized carbons (Fsp3) is 0.471. The molecular weight excluding hydrogens is 297 g/mol. The number of nitrogens with zero attached hydrogens (tertiary/aromatic N) is 1. The lowest BCUT2D eigenvalue weighted by molar-refractivity contribution is 0.563. The highest BCUT2D eigenvalue weighted by Gasteiger charge is 2.31. The Kier molecular flexibility index (Phi) is 5.91. The van der Waals surface area contributed by atoms with Crippen molar-refractivity contribution in [2.45, 2.75) is 32.1 Å². The molecule has 3 nitrogen and oxygen atoms in total. The number of pyridine rings is 1. The van der Waals surface area contributed by atoms with Crippen molar-refractivity contribution in [1.82, 2.24) is 10.3 Å². The first-order valence-corrected chi connectivity index (χ1v) is 8.48. The predicted molar refractivity (Wildman–Crippen MR) is 92.3 cm³/mol. The average molecular weight is 321 g/mol. The van der Waals surface area contributed by atoms with Crippen LogP contribution in [0.25, 0.3) is 0 Å². The van der Waals surface area contributed by atoms with Gasteiger partial charge in [-0.25, -0.2) is 4.39 Å². The number of anilines is 1. The Hall–Kier alpha value is -1.46. The summed E-state index contributed by atoms with van der Waals surface area (Å²) in [6.45, 7) is 6.14. The summed E-state index contributed by atoms with van der Waals surface area (Å²) in [5, 5.41) is 8.40. The van der Waals surface area contributed by atoms with Crippen LogP contribution in [-0.2, 0) is 11.8 Å². The minimum Gasteiger partial charge on any atom is -0.383 e. The molecule has 0 aliphatic carbocycles. The maximum Gasteiger partial charge on any atom is 0.143 e. The van der Waals surface area contributed by atoms with E-state index in [0.29, 0.717) is 0 Å². The van der Waals surface area contributed by atoms with Crippen LogP contribution in [0.2, 0.25) is 0 Å². The van der Waals surface area contributed by atoms with Gasteiger partial charge in [0.05, 0.1) is 17.6 Å². The van der Waals surface area contributed by atoms with Gasteiger partial charge in [-0.15, -0.1) is 11.3 Å². The van der Waals surface area contributed by atoms with Crippen molar-refractivity contribution in [3.8, 4) is 0 Å². The largest absolute Gasteiger partial charge is 0.383 e. The number of thiophene rings is 1. The van der Waals surface area contributed by atoms with Crippen LogP contribution >= 0.6 is 11.3 Å². The number of hydrogen-bond donors (Lipinski definition) is 2. The number of rotatable bonds is 4.